The van der Waals surface area contributed by atoms with E-state index in [1.807, 2.05) is 0 Å². The van der Waals surface area contributed by atoms with Gasteiger partial charge in [-0.05, 0) is 61.6 Å². The Morgan fingerprint density at radius 2 is 1.91 bits per heavy atom. The summed E-state index contributed by atoms with van der Waals surface area (Å²) in [7, 11) is 0. The minimum atomic E-state index is -5.92. The molecule has 3 aromatic rings. The molecular weight excluding hydrogens is 634 g/mol. The van der Waals surface area contributed by atoms with Gasteiger partial charge in [0.25, 0.3) is 11.8 Å². The summed E-state index contributed by atoms with van der Waals surface area (Å²) in [5, 5.41) is 16.4. The molecule has 2 amide bonds. The van der Waals surface area contributed by atoms with Crippen LogP contribution in [0.25, 0.3) is 5.82 Å². The maximum Gasteiger partial charge on any atom is 0.460 e. The van der Waals surface area contributed by atoms with Crippen LogP contribution in [0.15, 0.2) is 64.9 Å². The molecule has 44 heavy (non-hydrogen) atoms. The number of aryl methyl sites for hydroxylation is 1. The zero-order valence-electron chi connectivity index (χ0n) is 22.9. The second-order valence-corrected chi connectivity index (χ2v) is 10.5. The maximum absolute atomic E-state index is 13.6. The lowest BCUT2D eigenvalue weighted by molar-refractivity contribution is -0.684. The van der Waals surface area contributed by atoms with E-state index in [0.717, 1.165) is 22.9 Å². The Hall–Kier alpha value is -4.17. The highest BCUT2D eigenvalue weighted by Crippen LogP contribution is 2.41. The Morgan fingerprint density at radius 3 is 2.55 bits per heavy atom. The average molecular weight is 658 g/mol. The lowest BCUT2D eigenvalue weighted by atomic mass is 10.1. The first kappa shape index (κ1) is 32.7. The number of hydrogen-bond acceptors (Lipinski definition) is 6. The molecule has 17 heteroatoms. The molecule has 2 heterocycles. The fourth-order valence-electron chi connectivity index (χ4n) is 3.88. The smallest absolute Gasteiger partial charge is 0.352 e. The fraction of sp³-hybridized carbons (Fsp3) is 0.296. The first-order valence-electron chi connectivity index (χ1n) is 12.9. The quantitative estimate of drug-likeness (QED) is 0.0818. The number of nitrogens with one attached hydrogen (secondary N) is 2. The van der Waals surface area contributed by atoms with Crippen molar-refractivity contribution in [2.45, 2.75) is 38.4 Å². The maximum atomic E-state index is 13.6. The van der Waals surface area contributed by atoms with Gasteiger partial charge in [-0.25, -0.2) is 9.67 Å². The monoisotopic (exact) mass is 657 g/mol. The molecule has 0 spiro atoms. The largest absolute Gasteiger partial charge is 0.460 e. The number of nitrogens with two attached hydrogens (primary N) is 1. The third-order valence-electron chi connectivity index (χ3n) is 6.32. The number of alkyl halides is 5. The van der Waals surface area contributed by atoms with Gasteiger partial charge in [0.15, 0.2) is 11.5 Å². The van der Waals surface area contributed by atoms with Crippen molar-refractivity contribution in [1.82, 2.24) is 20.1 Å². The predicted octanol–water partition coefficient (Wildman–Crippen LogP) is 5.57. The van der Waals surface area contributed by atoms with E-state index in [2.05, 4.69) is 37.6 Å². The molecule has 0 unspecified atom stereocenters. The molecule has 1 fully saturated rings. The van der Waals surface area contributed by atoms with Gasteiger partial charge in [0.05, 0.1) is 16.3 Å². The van der Waals surface area contributed by atoms with Crippen molar-refractivity contribution in [2.75, 3.05) is 11.9 Å². The van der Waals surface area contributed by atoms with Gasteiger partial charge >= 0.3 is 12.1 Å². The first-order chi connectivity index (χ1) is 20.7. The van der Waals surface area contributed by atoms with Crippen LogP contribution in [0, 0.1) is 12.8 Å². The van der Waals surface area contributed by atoms with Crippen LogP contribution in [-0.2, 0) is 6.54 Å². The number of pyridine rings is 1. The van der Waals surface area contributed by atoms with Gasteiger partial charge in [0.2, 0.25) is 0 Å². The number of amides is 2. The number of quaternary nitrogens is 1. The minimum absolute atomic E-state index is 0.0594. The van der Waals surface area contributed by atoms with E-state index >= 15 is 0 Å². The highest BCUT2D eigenvalue weighted by Gasteiger charge is 2.61. The highest BCUT2D eigenvalue weighted by atomic mass is 35.5. The Bertz CT molecular complexity index is 1660. The molecule has 232 valence electrons. The van der Waals surface area contributed by atoms with E-state index in [9.17, 15) is 31.5 Å². The van der Waals surface area contributed by atoms with Crippen molar-refractivity contribution >= 4 is 40.7 Å². The van der Waals surface area contributed by atoms with Gasteiger partial charge in [0, 0.05) is 23.0 Å². The number of halogens is 7. The van der Waals surface area contributed by atoms with Crippen molar-refractivity contribution in [3.8, 4) is 5.82 Å². The summed E-state index contributed by atoms with van der Waals surface area (Å²) >= 11 is 12.5. The summed E-state index contributed by atoms with van der Waals surface area (Å²) in [4.78, 5) is 30.8. The van der Waals surface area contributed by atoms with Gasteiger partial charge in [-0.2, -0.15) is 32.5 Å². The van der Waals surface area contributed by atoms with Gasteiger partial charge in [-0.3, -0.25) is 9.59 Å². The van der Waals surface area contributed by atoms with Crippen LogP contribution in [0.2, 0.25) is 10.0 Å². The van der Waals surface area contributed by atoms with E-state index in [1.165, 1.54) is 30.1 Å². The van der Waals surface area contributed by atoms with Crippen LogP contribution in [0.3, 0.4) is 0 Å². The molecule has 1 aliphatic carbocycles. The Balaban J connectivity index is 1.61. The number of hydrogen-bond donors (Lipinski definition) is 3. The van der Waals surface area contributed by atoms with Crippen LogP contribution in [-0.4, -0.2) is 45.2 Å². The van der Waals surface area contributed by atoms with E-state index < -0.39 is 29.6 Å². The van der Waals surface area contributed by atoms with Crippen LogP contribution < -0.4 is 16.1 Å². The van der Waals surface area contributed by atoms with Gasteiger partial charge < -0.3 is 10.6 Å². The zero-order valence-corrected chi connectivity index (χ0v) is 24.4. The molecule has 0 bridgehead atoms. The molecule has 0 radical (unpaired) electrons. The molecular formula is C27H24Cl2F5N8O2+. The van der Waals surface area contributed by atoms with Crippen molar-refractivity contribution in [1.29, 1.82) is 0 Å². The van der Waals surface area contributed by atoms with Crippen LogP contribution in [0.1, 0.15) is 44.9 Å². The number of benzene rings is 1. The van der Waals surface area contributed by atoms with Crippen molar-refractivity contribution < 1.29 is 37.0 Å². The number of carbonyl (C=O) groups is 2. The molecule has 2 aromatic heterocycles. The second kappa shape index (κ2) is 13.2. The number of anilines is 1. The van der Waals surface area contributed by atoms with Gasteiger partial charge in [0.1, 0.15) is 17.9 Å². The SMILES string of the molecule is C=C=C(N=N[NH2+]Cc1cc(C(=O)Nc2c(C)cc(Cl)cc2C(=O)NCC2CC2)n(-c2ncccc2Cl)n1)C(F)(F)C(F)(F)F. The van der Waals surface area contributed by atoms with Crippen molar-refractivity contribution in [3.05, 3.63) is 87.1 Å². The normalized spacial score (nSPS) is 13.5. The molecule has 1 aromatic carbocycles. The molecule has 4 rings (SSSR count). The summed E-state index contributed by atoms with van der Waals surface area (Å²) in [5.74, 6) is -6.00. The number of aromatic nitrogens is 3. The van der Waals surface area contributed by atoms with E-state index in [1.54, 1.807) is 19.1 Å². The summed E-state index contributed by atoms with van der Waals surface area (Å²) in [6, 6.07) is 7.36. The minimum Gasteiger partial charge on any atom is -0.352 e. The lowest BCUT2D eigenvalue weighted by Gasteiger charge is -2.17. The van der Waals surface area contributed by atoms with E-state index in [4.69, 9.17) is 23.2 Å². The second-order valence-electron chi connectivity index (χ2n) is 9.69. The highest BCUT2D eigenvalue weighted by molar-refractivity contribution is 6.32. The summed E-state index contributed by atoms with van der Waals surface area (Å²) in [6.45, 7) is 4.71. The topological polar surface area (TPSA) is 130 Å². The number of allylic oxidation sites excluding steroid dienone is 1. The third-order valence-corrected chi connectivity index (χ3v) is 6.84. The first-order valence-corrected chi connectivity index (χ1v) is 13.7. The summed E-state index contributed by atoms with van der Waals surface area (Å²) < 4.78 is 66.2. The zero-order chi connectivity index (χ0) is 32.2. The average Bonchev–Trinajstić information content (AvgIpc) is 3.69. The van der Waals surface area contributed by atoms with Crippen LogP contribution in [0.5, 0.6) is 0 Å². The Labute approximate surface area is 257 Å². The summed E-state index contributed by atoms with van der Waals surface area (Å²) in [6.07, 6.45) is -2.48. The molecule has 4 N–H and O–H groups in total. The Kier molecular flexibility index (Phi) is 9.84. The Morgan fingerprint density at radius 1 is 1.18 bits per heavy atom. The number of nitrogens with zero attached hydrogens (tertiary/aromatic N) is 5. The number of carbonyl (C=O) groups excluding carboxylic acids is 2. The van der Waals surface area contributed by atoms with Crippen molar-refractivity contribution in [2.24, 2.45) is 16.3 Å². The standard InChI is InChI=1S/C27H23Cl2F5N8O2/c1-3-21(26(30,31)27(32,33)34)39-41-37-13-17-11-20(42(40-17)23-19(29)5-4-8-35-23)25(44)38-22-14(2)9-16(28)10-18(22)24(43)36-12-15-6-7-15/h4-5,8-11,15H,1,6-7,12-13H2,2H3,(H,36,43)(H,37,39)(H,38,44)/p+1. The third kappa shape index (κ3) is 7.48. The molecule has 0 atom stereocenters. The van der Waals surface area contributed by atoms with E-state index in [0.29, 0.717) is 18.0 Å². The molecule has 0 aliphatic heterocycles. The molecule has 10 nitrogen and oxygen atoms in total. The van der Waals surface area contributed by atoms with Gasteiger partial charge in [-0.15, -0.1) is 0 Å². The number of rotatable bonds is 11. The van der Waals surface area contributed by atoms with Crippen molar-refractivity contribution in [3.63, 3.8) is 0 Å². The predicted molar refractivity (Wildman–Crippen MR) is 150 cm³/mol. The lowest BCUT2D eigenvalue weighted by Crippen LogP contribution is -2.75. The van der Waals surface area contributed by atoms with Crippen LogP contribution in [0.4, 0.5) is 27.6 Å². The van der Waals surface area contributed by atoms with Crippen LogP contribution >= 0.6 is 23.2 Å². The van der Waals surface area contributed by atoms with Gasteiger partial charge in [-0.1, -0.05) is 40.6 Å². The molecule has 0 saturated heterocycles. The van der Waals surface area contributed by atoms with E-state index in [-0.39, 0.29) is 45.0 Å². The molecule has 1 saturated carbocycles. The summed E-state index contributed by atoms with van der Waals surface area (Å²) in [5.41, 5.74) is 1.40. The fourth-order valence-corrected chi connectivity index (χ4v) is 4.36. The molecule has 1 aliphatic rings.